The highest BCUT2D eigenvalue weighted by molar-refractivity contribution is 6.33. The number of aromatic nitrogens is 3. The van der Waals surface area contributed by atoms with Crippen molar-refractivity contribution < 1.29 is 4.74 Å². The van der Waals surface area contributed by atoms with Crippen LogP contribution in [0.15, 0.2) is 42.9 Å². The third-order valence-corrected chi connectivity index (χ3v) is 3.90. The van der Waals surface area contributed by atoms with Crippen LogP contribution in [-0.4, -0.2) is 22.1 Å². The number of benzene rings is 1. The number of nitrogen functional groups attached to an aromatic ring is 1. The molecule has 0 saturated carbocycles. The van der Waals surface area contributed by atoms with Crippen molar-refractivity contribution in [3.05, 3.63) is 64.3 Å². The van der Waals surface area contributed by atoms with Crippen molar-refractivity contribution in [3.63, 3.8) is 0 Å². The van der Waals surface area contributed by atoms with Crippen LogP contribution in [-0.2, 0) is 0 Å². The molecule has 0 unspecified atom stereocenters. The highest BCUT2D eigenvalue weighted by atomic mass is 35.5. The molecule has 3 rings (SSSR count). The highest BCUT2D eigenvalue weighted by Gasteiger charge is 2.07. The molecule has 8 heteroatoms. The minimum Gasteiger partial charge on any atom is -0.496 e. The van der Waals surface area contributed by atoms with Crippen LogP contribution < -0.4 is 15.8 Å². The molecule has 3 N–H and O–H groups in total. The van der Waals surface area contributed by atoms with Crippen LogP contribution in [0, 0.1) is 0 Å². The first-order valence-electron chi connectivity index (χ1n) is 7.57. The molecule has 6 nitrogen and oxygen atoms in total. The number of nitrogens with one attached hydrogen (secondary N) is 1. The number of pyridine rings is 1. The molecule has 0 amide bonds. The van der Waals surface area contributed by atoms with E-state index in [2.05, 4.69) is 20.3 Å². The first-order valence-corrected chi connectivity index (χ1v) is 8.32. The molecule has 0 saturated heterocycles. The van der Waals surface area contributed by atoms with Crippen LogP contribution in [0.5, 0.6) is 5.75 Å². The fourth-order valence-corrected chi connectivity index (χ4v) is 2.54. The second-order valence-corrected chi connectivity index (χ2v) is 6.05. The summed E-state index contributed by atoms with van der Waals surface area (Å²) in [5, 5.41) is 3.60. The van der Waals surface area contributed by atoms with Gasteiger partial charge in [0.1, 0.15) is 10.8 Å². The van der Waals surface area contributed by atoms with Gasteiger partial charge in [-0.25, -0.2) is 4.98 Å². The number of halogens is 2. The van der Waals surface area contributed by atoms with E-state index in [1.807, 2.05) is 36.4 Å². The van der Waals surface area contributed by atoms with Gasteiger partial charge in [-0.3, -0.25) is 4.98 Å². The lowest BCUT2D eigenvalue weighted by Crippen LogP contribution is -1.97. The Kier molecular flexibility index (Phi) is 5.55. The number of ether oxygens (including phenoxy) is 1. The number of hydrogen-bond donors (Lipinski definition) is 2. The van der Waals surface area contributed by atoms with E-state index in [1.165, 1.54) is 6.20 Å². The van der Waals surface area contributed by atoms with Crippen molar-refractivity contribution in [2.75, 3.05) is 18.2 Å². The Morgan fingerprint density at radius 1 is 1.12 bits per heavy atom. The Bertz CT molecular complexity index is 962. The molecule has 0 spiro atoms. The molecule has 0 aliphatic rings. The molecule has 0 aliphatic carbocycles. The van der Waals surface area contributed by atoms with E-state index in [0.29, 0.717) is 16.5 Å². The predicted octanol–water partition coefficient (Wildman–Crippen LogP) is 4.68. The zero-order chi connectivity index (χ0) is 18.5. The Labute approximate surface area is 160 Å². The molecule has 26 heavy (non-hydrogen) atoms. The van der Waals surface area contributed by atoms with Crippen molar-refractivity contribution in [2.24, 2.45) is 0 Å². The van der Waals surface area contributed by atoms with Gasteiger partial charge in [0.2, 0.25) is 5.28 Å². The van der Waals surface area contributed by atoms with Gasteiger partial charge in [0.05, 0.1) is 19.0 Å². The van der Waals surface area contributed by atoms with Crippen LogP contribution in [0.3, 0.4) is 0 Å². The quantitative estimate of drug-likeness (QED) is 0.617. The third kappa shape index (κ3) is 4.41. The molecule has 2 aromatic heterocycles. The highest BCUT2D eigenvalue weighted by Crippen LogP contribution is 2.29. The minimum absolute atomic E-state index is 0.111. The average Bonchev–Trinajstić information content (AvgIpc) is 2.63. The van der Waals surface area contributed by atoms with E-state index < -0.39 is 0 Å². The molecule has 0 atom stereocenters. The van der Waals surface area contributed by atoms with E-state index in [0.717, 1.165) is 22.6 Å². The summed E-state index contributed by atoms with van der Waals surface area (Å²) in [7, 11) is 1.61. The zero-order valence-corrected chi connectivity index (χ0v) is 15.3. The first-order chi connectivity index (χ1) is 12.5. The molecule has 3 aromatic rings. The van der Waals surface area contributed by atoms with Gasteiger partial charge in [0.15, 0.2) is 5.82 Å². The molecule has 0 bridgehead atoms. The number of anilines is 3. The van der Waals surface area contributed by atoms with E-state index in [-0.39, 0.29) is 5.28 Å². The van der Waals surface area contributed by atoms with E-state index in [4.69, 9.17) is 33.7 Å². The van der Waals surface area contributed by atoms with E-state index in [1.54, 1.807) is 19.5 Å². The van der Waals surface area contributed by atoms with Crippen molar-refractivity contribution in [2.45, 2.75) is 0 Å². The number of nitrogens with two attached hydrogens (primary N) is 1. The molecule has 132 valence electrons. The topological polar surface area (TPSA) is 86.0 Å². The summed E-state index contributed by atoms with van der Waals surface area (Å²) >= 11 is 11.9. The molecular weight excluding hydrogens is 373 g/mol. The first kappa shape index (κ1) is 18.0. The molecule has 1 aromatic carbocycles. The average molecular weight is 388 g/mol. The van der Waals surface area contributed by atoms with Crippen LogP contribution in [0.2, 0.25) is 10.3 Å². The molecule has 0 fully saturated rings. The van der Waals surface area contributed by atoms with Crippen molar-refractivity contribution in [1.82, 2.24) is 15.0 Å². The van der Waals surface area contributed by atoms with Crippen LogP contribution in [0.1, 0.15) is 11.1 Å². The van der Waals surface area contributed by atoms with Gasteiger partial charge in [-0.1, -0.05) is 23.8 Å². The Morgan fingerprint density at radius 2 is 1.96 bits per heavy atom. The van der Waals surface area contributed by atoms with Gasteiger partial charge >= 0.3 is 0 Å². The van der Waals surface area contributed by atoms with E-state index >= 15 is 0 Å². The summed E-state index contributed by atoms with van der Waals surface area (Å²) in [4.78, 5) is 12.0. The summed E-state index contributed by atoms with van der Waals surface area (Å²) in [5.74, 6) is 1.14. The van der Waals surface area contributed by atoms with Crippen LogP contribution in [0.4, 0.5) is 17.2 Å². The van der Waals surface area contributed by atoms with Crippen molar-refractivity contribution in [1.29, 1.82) is 0 Å². The molecule has 0 radical (unpaired) electrons. The molecule has 0 aliphatic heterocycles. The number of nitrogens with zero attached hydrogens (tertiary/aromatic N) is 3. The lowest BCUT2D eigenvalue weighted by molar-refractivity contribution is 0.414. The maximum atomic E-state index is 6.10. The normalized spacial score (nSPS) is 10.9. The molecule has 2 heterocycles. The smallest absolute Gasteiger partial charge is 0.224 e. The summed E-state index contributed by atoms with van der Waals surface area (Å²) in [6.45, 7) is 0. The zero-order valence-electron chi connectivity index (χ0n) is 13.8. The predicted molar refractivity (Wildman–Crippen MR) is 106 cm³/mol. The SMILES string of the molecule is COc1ccc(Nc2nc(Cl)ncc2Cl)cc1C=Cc1cncc(N)c1. The van der Waals surface area contributed by atoms with Gasteiger partial charge < -0.3 is 15.8 Å². The number of methoxy groups -OCH3 is 1. The lowest BCUT2D eigenvalue weighted by atomic mass is 10.1. The lowest BCUT2D eigenvalue weighted by Gasteiger charge is -2.11. The minimum atomic E-state index is 0.111. The Balaban J connectivity index is 1.90. The second-order valence-electron chi connectivity index (χ2n) is 5.30. The fourth-order valence-electron chi connectivity index (χ4n) is 2.27. The summed E-state index contributed by atoms with van der Waals surface area (Å²) in [6, 6.07) is 7.43. The van der Waals surface area contributed by atoms with Crippen LogP contribution >= 0.6 is 23.2 Å². The summed E-state index contributed by atoms with van der Waals surface area (Å²) < 4.78 is 5.41. The Morgan fingerprint density at radius 3 is 2.73 bits per heavy atom. The summed E-state index contributed by atoms with van der Waals surface area (Å²) in [6.07, 6.45) is 8.58. The fraction of sp³-hybridized carbons (Fsp3) is 0.0556. The van der Waals surface area contributed by atoms with Crippen molar-refractivity contribution in [3.8, 4) is 5.75 Å². The van der Waals surface area contributed by atoms with Crippen LogP contribution in [0.25, 0.3) is 12.2 Å². The van der Waals surface area contributed by atoms with E-state index in [9.17, 15) is 0 Å². The number of rotatable bonds is 5. The largest absolute Gasteiger partial charge is 0.496 e. The van der Waals surface area contributed by atoms with Gasteiger partial charge in [0, 0.05) is 23.6 Å². The monoisotopic (exact) mass is 387 g/mol. The molecular formula is C18H15Cl2N5O. The van der Waals surface area contributed by atoms with Gasteiger partial charge in [-0.15, -0.1) is 0 Å². The maximum absolute atomic E-state index is 6.10. The Hall–Kier alpha value is -2.83. The third-order valence-electron chi connectivity index (χ3n) is 3.44. The number of hydrogen-bond acceptors (Lipinski definition) is 6. The summed E-state index contributed by atoms with van der Waals surface area (Å²) in [5.41, 5.74) is 8.87. The van der Waals surface area contributed by atoms with Gasteiger partial charge in [-0.2, -0.15) is 4.98 Å². The van der Waals surface area contributed by atoms with Gasteiger partial charge in [-0.05, 0) is 41.4 Å². The van der Waals surface area contributed by atoms with Gasteiger partial charge in [0.25, 0.3) is 0 Å². The standard InChI is InChI=1S/C18H15Cl2N5O/c1-26-16-5-4-14(24-17-15(19)10-23-18(20)25-17)7-12(16)3-2-11-6-13(21)9-22-8-11/h2-10H,21H2,1H3,(H,23,24,25). The van der Waals surface area contributed by atoms with Crippen molar-refractivity contribution >= 4 is 52.5 Å². The maximum Gasteiger partial charge on any atom is 0.224 e. The second kappa shape index (κ2) is 8.03.